The summed E-state index contributed by atoms with van der Waals surface area (Å²) >= 11 is 0. The van der Waals surface area contributed by atoms with Gasteiger partial charge in [-0.2, -0.15) is 0 Å². The van der Waals surface area contributed by atoms with Gasteiger partial charge in [0.25, 0.3) is 0 Å². The van der Waals surface area contributed by atoms with E-state index in [2.05, 4.69) is 90.4 Å². The standard InChI is InChI=1S/C24H24N2.ClH/c1-18-22(14-15-25)23-16-21(20-10-6-3-7-11-20)12-13-24(23)26(18)17-19-8-4-2-5-9-19;/h2-13,16H,14-15,17,25H2,1H3;1H. The molecule has 0 aliphatic rings. The molecular formula is C24H25ClN2. The molecule has 0 bridgehead atoms. The zero-order chi connectivity index (χ0) is 17.9. The summed E-state index contributed by atoms with van der Waals surface area (Å²) in [6, 6.07) is 28.0. The maximum Gasteiger partial charge on any atom is 0.0488 e. The summed E-state index contributed by atoms with van der Waals surface area (Å²) in [6.07, 6.45) is 0.905. The van der Waals surface area contributed by atoms with E-state index in [1.54, 1.807) is 0 Å². The first kappa shape index (κ1) is 19.2. The second-order valence-corrected chi connectivity index (χ2v) is 6.77. The Labute approximate surface area is 167 Å². The summed E-state index contributed by atoms with van der Waals surface area (Å²) in [5.74, 6) is 0. The van der Waals surface area contributed by atoms with E-state index < -0.39 is 0 Å². The van der Waals surface area contributed by atoms with Crippen LogP contribution in [0.2, 0.25) is 0 Å². The maximum atomic E-state index is 5.92. The van der Waals surface area contributed by atoms with E-state index in [4.69, 9.17) is 5.73 Å². The second-order valence-electron chi connectivity index (χ2n) is 6.77. The van der Waals surface area contributed by atoms with E-state index in [0.29, 0.717) is 6.54 Å². The summed E-state index contributed by atoms with van der Waals surface area (Å²) in [5.41, 5.74) is 13.7. The molecule has 1 aromatic heterocycles. The van der Waals surface area contributed by atoms with Crippen LogP contribution in [0.5, 0.6) is 0 Å². The fraction of sp³-hybridized carbons (Fsp3) is 0.167. The van der Waals surface area contributed by atoms with Crippen LogP contribution >= 0.6 is 12.4 Å². The number of fused-ring (bicyclic) bond motifs is 1. The van der Waals surface area contributed by atoms with Crippen molar-refractivity contribution in [2.24, 2.45) is 5.73 Å². The SMILES string of the molecule is Cc1c(CCN)c2cc(-c3ccccc3)ccc2n1Cc1ccccc1.Cl. The third kappa shape index (κ3) is 3.78. The Hall–Kier alpha value is -2.55. The Bertz CT molecular complexity index is 1020. The smallest absolute Gasteiger partial charge is 0.0488 e. The zero-order valence-corrected chi connectivity index (χ0v) is 16.4. The van der Waals surface area contributed by atoms with E-state index in [1.807, 2.05) is 0 Å². The third-order valence-corrected chi connectivity index (χ3v) is 5.14. The van der Waals surface area contributed by atoms with Crippen LogP contribution in [-0.4, -0.2) is 11.1 Å². The molecule has 138 valence electrons. The van der Waals surface area contributed by atoms with Gasteiger partial charge in [0.2, 0.25) is 0 Å². The van der Waals surface area contributed by atoms with Gasteiger partial charge in [0.05, 0.1) is 0 Å². The van der Waals surface area contributed by atoms with Crippen LogP contribution < -0.4 is 5.73 Å². The number of benzene rings is 3. The highest BCUT2D eigenvalue weighted by Crippen LogP contribution is 2.31. The van der Waals surface area contributed by atoms with Crippen LogP contribution in [0.15, 0.2) is 78.9 Å². The summed E-state index contributed by atoms with van der Waals surface area (Å²) in [4.78, 5) is 0. The fourth-order valence-electron chi connectivity index (χ4n) is 3.79. The van der Waals surface area contributed by atoms with Gasteiger partial charge in [-0.3, -0.25) is 0 Å². The molecule has 2 nitrogen and oxygen atoms in total. The van der Waals surface area contributed by atoms with Crippen molar-refractivity contribution in [1.82, 2.24) is 4.57 Å². The van der Waals surface area contributed by atoms with Crippen LogP contribution in [0.25, 0.3) is 22.0 Å². The average Bonchev–Trinajstić information content (AvgIpc) is 2.95. The van der Waals surface area contributed by atoms with E-state index in [9.17, 15) is 0 Å². The molecule has 0 atom stereocenters. The van der Waals surface area contributed by atoms with Gasteiger partial charge >= 0.3 is 0 Å². The van der Waals surface area contributed by atoms with Crippen LogP contribution in [0.3, 0.4) is 0 Å². The maximum absolute atomic E-state index is 5.92. The molecule has 4 aromatic rings. The number of nitrogens with two attached hydrogens (primary N) is 1. The fourth-order valence-corrected chi connectivity index (χ4v) is 3.79. The minimum absolute atomic E-state index is 0. The molecule has 1 heterocycles. The first-order chi connectivity index (χ1) is 12.8. The molecule has 0 aliphatic heterocycles. The van der Waals surface area contributed by atoms with Crippen molar-refractivity contribution in [2.75, 3.05) is 6.54 Å². The van der Waals surface area contributed by atoms with E-state index >= 15 is 0 Å². The quantitative estimate of drug-likeness (QED) is 0.483. The zero-order valence-electron chi connectivity index (χ0n) is 15.6. The van der Waals surface area contributed by atoms with Crippen molar-refractivity contribution in [3.63, 3.8) is 0 Å². The van der Waals surface area contributed by atoms with Gasteiger partial charge in [0.15, 0.2) is 0 Å². The monoisotopic (exact) mass is 376 g/mol. The molecule has 0 fully saturated rings. The molecule has 0 saturated carbocycles. The summed E-state index contributed by atoms with van der Waals surface area (Å²) in [7, 11) is 0. The molecular weight excluding hydrogens is 352 g/mol. The molecule has 0 amide bonds. The number of rotatable bonds is 5. The molecule has 4 rings (SSSR count). The Morgan fingerprint density at radius 3 is 2.15 bits per heavy atom. The number of aromatic nitrogens is 1. The summed E-state index contributed by atoms with van der Waals surface area (Å²) < 4.78 is 2.42. The minimum Gasteiger partial charge on any atom is -0.340 e. The molecule has 0 aliphatic carbocycles. The van der Waals surface area contributed by atoms with E-state index in [0.717, 1.165) is 13.0 Å². The predicted octanol–water partition coefficient (Wildman–Crippen LogP) is 5.59. The van der Waals surface area contributed by atoms with E-state index in [-0.39, 0.29) is 12.4 Å². The van der Waals surface area contributed by atoms with E-state index in [1.165, 1.54) is 38.9 Å². The molecule has 0 unspecified atom stereocenters. The molecule has 2 N–H and O–H groups in total. The number of hydrogen-bond acceptors (Lipinski definition) is 1. The lowest BCUT2D eigenvalue weighted by Gasteiger charge is -2.09. The number of halogens is 1. The van der Waals surface area contributed by atoms with Crippen molar-refractivity contribution in [1.29, 1.82) is 0 Å². The Morgan fingerprint density at radius 1 is 0.815 bits per heavy atom. The van der Waals surface area contributed by atoms with Crippen LogP contribution in [-0.2, 0) is 13.0 Å². The van der Waals surface area contributed by atoms with Gasteiger partial charge in [-0.15, -0.1) is 12.4 Å². The molecule has 3 heteroatoms. The number of hydrogen-bond donors (Lipinski definition) is 1. The van der Waals surface area contributed by atoms with Crippen LogP contribution in [0.1, 0.15) is 16.8 Å². The highest BCUT2D eigenvalue weighted by atomic mass is 35.5. The Balaban J connectivity index is 0.00000210. The van der Waals surface area contributed by atoms with Crippen molar-refractivity contribution >= 4 is 23.3 Å². The van der Waals surface area contributed by atoms with Gasteiger partial charge < -0.3 is 10.3 Å². The average molecular weight is 377 g/mol. The van der Waals surface area contributed by atoms with Crippen LogP contribution in [0.4, 0.5) is 0 Å². The largest absolute Gasteiger partial charge is 0.340 e. The van der Waals surface area contributed by atoms with Gasteiger partial charge in [-0.05, 0) is 54.3 Å². The highest BCUT2D eigenvalue weighted by molar-refractivity contribution is 5.90. The number of nitrogens with zero attached hydrogens (tertiary/aromatic N) is 1. The van der Waals surface area contributed by atoms with Crippen molar-refractivity contribution < 1.29 is 0 Å². The molecule has 0 saturated heterocycles. The summed E-state index contributed by atoms with van der Waals surface area (Å²) in [5, 5.41) is 1.32. The first-order valence-electron chi connectivity index (χ1n) is 9.19. The minimum atomic E-state index is 0. The lowest BCUT2D eigenvalue weighted by Crippen LogP contribution is -2.05. The Kier molecular flexibility index (Phi) is 6.00. The molecule has 0 radical (unpaired) electrons. The first-order valence-corrected chi connectivity index (χ1v) is 9.19. The molecule has 0 spiro atoms. The lowest BCUT2D eigenvalue weighted by atomic mass is 10.0. The lowest BCUT2D eigenvalue weighted by molar-refractivity contribution is 0.792. The summed E-state index contributed by atoms with van der Waals surface area (Å²) in [6.45, 7) is 3.77. The molecule has 27 heavy (non-hydrogen) atoms. The van der Waals surface area contributed by atoms with Gasteiger partial charge in [-0.1, -0.05) is 66.7 Å². The van der Waals surface area contributed by atoms with Crippen LogP contribution in [0, 0.1) is 6.92 Å². The third-order valence-electron chi connectivity index (χ3n) is 5.14. The predicted molar refractivity (Wildman–Crippen MR) is 118 cm³/mol. The molecule has 3 aromatic carbocycles. The van der Waals surface area contributed by atoms with Gasteiger partial charge in [-0.25, -0.2) is 0 Å². The highest BCUT2D eigenvalue weighted by Gasteiger charge is 2.14. The van der Waals surface area contributed by atoms with Gasteiger partial charge in [0, 0.05) is 23.1 Å². The van der Waals surface area contributed by atoms with Gasteiger partial charge in [0.1, 0.15) is 0 Å². The normalized spacial score (nSPS) is 10.7. The van der Waals surface area contributed by atoms with Crippen molar-refractivity contribution in [3.05, 3.63) is 95.7 Å². The van der Waals surface area contributed by atoms with Crippen molar-refractivity contribution in [2.45, 2.75) is 19.9 Å². The van der Waals surface area contributed by atoms with Crippen molar-refractivity contribution in [3.8, 4) is 11.1 Å². The topological polar surface area (TPSA) is 30.9 Å². The Morgan fingerprint density at radius 2 is 1.48 bits per heavy atom. The second kappa shape index (κ2) is 8.43.